The Morgan fingerprint density at radius 2 is 2.00 bits per heavy atom. The van der Waals surface area contributed by atoms with Crippen molar-refractivity contribution in [2.24, 2.45) is 5.92 Å². The second-order valence-electron chi connectivity index (χ2n) is 9.18. The lowest BCUT2D eigenvalue weighted by atomic mass is 9.92. The van der Waals surface area contributed by atoms with Gasteiger partial charge in [0.1, 0.15) is 0 Å². The number of amides is 2. The maximum absolute atomic E-state index is 13.0. The van der Waals surface area contributed by atoms with Crippen LogP contribution in [0, 0.1) is 5.92 Å². The summed E-state index contributed by atoms with van der Waals surface area (Å²) in [6, 6.07) is 4.04. The highest BCUT2D eigenvalue weighted by Gasteiger charge is 2.38. The first-order valence-electron chi connectivity index (χ1n) is 10.4. The molecule has 0 saturated carbocycles. The monoisotopic (exact) mass is 431 g/mol. The van der Waals surface area contributed by atoms with Crippen LogP contribution in [0.15, 0.2) is 22.9 Å². The summed E-state index contributed by atoms with van der Waals surface area (Å²) >= 11 is 3.41. The molecule has 4 rings (SSSR count). The molecule has 0 aliphatic carbocycles. The van der Waals surface area contributed by atoms with E-state index in [0.717, 1.165) is 31.6 Å². The molecule has 0 bridgehead atoms. The van der Waals surface area contributed by atoms with Crippen molar-refractivity contribution in [3.63, 3.8) is 0 Å². The van der Waals surface area contributed by atoms with Gasteiger partial charge in [-0.15, -0.1) is 22.7 Å². The Kier molecular flexibility index (Phi) is 5.80. The molecule has 7 heteroatoms. The lowest BCUT2D eigenvalue weighted by Crippen LogP contribution is -2.42. The predicted molar refractivity (Wildman–Crippen MR) is 117 cm³/mol. The van der Waals surface area contributed by atoms with Crippen molar-refractivity contribution in [1.29, 1.82) is 0 Å². The molecule has 2 fully saturated rings. The number of rotatable bonds is 4. The summed E-state index contributed by atoms with van der Waals surface area (Å²) < 4.78 is 0. The van der Waals surface area contributed by atoms with Gasteiger partial charge in [-0.1, -0.05) is 26.8 Å². The molecule has 0 N–H and O–H groups in total. The summed E-state index contributed by atoms with van der Waals surface area (Å²) in [7, 11) is 0. The Hall–Kier alpha value is -1.73. The molecule has 5 nitrogen and oxygen atoms in total. The van der Waals surface area contributed by atoms with Crippen LogP contribution < -0.4 is 0 Å². The molecule has 2 saturated heterocycles. The van der Waals surface area contributed by atoms with Crippen LogP contribution in [0.25, 0.3) is 0 Å². The van der Waals surface area contributed by atoms with Gasteiger partial charge in [0.05, 0.1) is 23.2 Å². The van der Waals surface area contributed by atoms with Crippen LogP contribution >= 0.6 is 22.7 Å². The summed E-state index contributed by atoms with van der Waals surface area (Å²) in [5.74, 6) is 0.510. The third kappa shape index (κ3) is 4.56. The van der Waals surface area contributed by atoms with E-state index in [-0.39, 0.29) is 23.1 Å². The number of piperidine rings is 1. The fourth-order valence-corrected chi connectivity index (χ4v) is 6.04. The number of nitrogens with zero attached hydrogens (tertiary/aromatic N) is 3. The van der Waals surface area contributed by atoms with Gasteiger partial charge in [0, 0.05) is 47.6 Å². The van der Waals surface area contributed by atoms with Gasteiger partial charge in [-0.3, -0.25) is 9.59 Å². The van der Waals surface area contributed by atoms with Crippen LogP contribution in [0.3, 0.4) is 0 Å². The smallest absolute Gasteiger partial charge is 0.227 e. The Balaban J connectivity index is 1.31. The summed E-state index contributed by atoms with van der Waals surface area (Å²) in [5.41, 5.74) is 1.24. The Morgan fingerprint density at radius 3 is 2.62 bits per heavy atom. The van der Waals surface area contributed by atoms with E-state index in [1.165, 1.54) is 9.88 Å². The highest BCUT2D eigenvalue weighted by atomic mass is 32.1. The van der Waals surface area contributed by atoms with Crippen molar-refractivity contribution >= 4 is 34.5 Å². The quantitative estimate of drug-likeness (QED) is 0.727. The van der Waals surface area contributed by atoms with Gasteiger partial charge >= 0.3 is 0 Å². The molecular weight excluding hydrogens is 402 g/mol. The third-order valence-corrected chi connectivity index (χ3v) is 7.81. The van der Waals surface area contributed by atoms with Gasteiger partial charge in [0.2, 0.25) is 11.8 Å². The topological polar surface area (TPSA) is 53.5 Å². The van der Waals surface area contributed by atoms with E-state index in [2.05, 4.69) is 26.2 Å². The maximum Gasteiger partial charge on any atom is 0.227 e. The van der Waals surface area contributed by atoms with Crippen LogP contribution in [0.4, 0.5) is 0 Å². The van der Waals surface area contributed by atoms with E-state index in [0.29, 0.717) is 25.4 Å². The van der Waals surface area contributed by atoms with Gasteiger partial charge in [0.25, 0.3) is 0 Å². The van der Waals surface area contributed by atoms with E-state index in [9.17, 15) is 9.59 Å². The van der Waals surface area contributed by atoms with E-state index in [4.69, 9.17) is 4.98 Å². The largest absolute Gasteiger partial charge is 0.342 e. The Labute approximate surface area is 180 Å². The minimum absolute atomic E-state index is 0.0788. The molecule has 2 aliphatic heterocycles. The van der Waals surface area contributed by atoms with E-state index < -0.39 is 0 Å². The first kappa shape index (κ1) is 20.5. The average Bonchev–Trinajstić information content (AvgIpc) is 3.43. The van der Waals surface area contributed by atoms with Gasteiger partial charge < -0.3 is 9.80 Å². The molecule has 2 amide bonds. The number of carbonyl (C=O) groups is 2. The molecule has 0 spiro atoms. The van der Waals surface area contributed by atoms with E-state index >= 15 is 0 Å². The lowest BCUT2D eigenvalue weighted by Gasteiger charge is -2.32. The van der Waals surface area contributed by atoms with Crippen molar-refractivity contribution in [2.45, 2.75) is 57.9 Å². The number of carbonyl (C=O) groups excluding carboxylic acids is 2. The van der Waals surface area contributed by atoms with Crippen LogP contribution in [0.1, 0.15) is 61.5 Å². The maximum atomic E-state index is 13.0. The minimum atomic E-state index is -0.189. The van der Waals surface area contributed by atoms with Gasteiger partial charge in [-0.25, -0.2) is 4.98 Å². The molecule has 1 unspecified atom stereocenters. The van der Waals surface area contributed by atoms with Crippen LogP contribution in [0.5, 0.6) is 0 Å². The fourth-order valence-electron chi connectivity index (χ4n) is 4.11. The van der Waals surface area contributed by atoms with Crippen molar-refractivity contribution in [3.05, 3.63) is 38.5 Å². The molecular formula is C22H29N3O2S2. The number of aromatic nitrogens is 1. The number of thiazole rings is 1. The fraction of sp³-hybridized carbons (Fsp3) is 0.591. The number of hydrogen-bond donors (Lipinski definition) is 0. The summed E-state index contributed by atoms with van der Waals surface area (Å²) in [5, 5.41) is 5.41. The van der Waals surface area contributed by atoms with Gasteiger partial charge in [0.15, 0.2) is 0 Å². The number of thiophene rings is 1. The SMILES string of the molecule is CC(C)(C)c1csc(C2CCN(C(=O)C3CC(=O)N(Cc4cccs4)C3)CC2)n1. The van der Waals surface area contributed by atoms with E-state index in [1.54, 1.807) is 22.7 Å². The summed E-state index contributed by atoms with van der Waals surface area (Å²) in [4.78, 5) is 35.2. The zero-order chi connectivity index (χ0) is 20.6. The Morgan fingerprint density at radius 1 is 1.24 bits per heavy atom. The molecule has 0 aromatic carbocycles. The second kappa shape index (κ2) is 8.19. The van der Waals surface area contributed by atoms with Gasteiger partial charge in [-0.2, -0.15) is 0 Å². The molecule has 2 aliphatic rings. The number of likely N-dealkylation sites (tertiary alicyclic amines) is 2. The van der Waals surface area contributed by atoms with E-state index in [1.807, 2.05) is 27.3 Å². The minimum Gasteiger partial charge on any atom is -0.342 e. The normalized spacial score (nSPS) is 21.2. The number of hydrogen-bond acceptors (Lipinski definition) is 5. The first-order chi connectivity index (χ1) is 13.8. The molecule has 2 aromatic heterocycles. The molecule has 4 heterocycles. The van der Waals surface area contributed by atoms with Crippen molar-refractivity contribution < 1.29 is 9.59 Å². The zero-order valence-corrected chi connectivity index (χ0v) is 19.0. The molecule has 156 valence electrons. The van der Waals surface area contributed by atoms with Crippen LogP contribution in [-0.4, -0.2) is 46.2 Å². The van der Waals surface area contributed by atoms with Gasteiger partial charge in [-0.05, 0) is 24.3 Å². The first-order valence-corrected chi connectivity index (χ1v) is 12.1. The van der Waals surface area contributed by atoms with Crippen molar-refractivity contribution in [1.82, 2.24) is 14.8 Å². The van der Waals surface area contributed by atoms with Crippen molar-refractivity contribution in [3.8, 4) is 0 Å². The third-order valence-electron chi connectivity index (χ3n) is 5.94. The lowest BCUT2D eigenvalue weighted by molar-refractivity contribution is -0.136. The second-order valence-corrected chi connectivity index (χ2v) is 11.1. The van der Waals surface area contributed by atoms with Crippen LogP contribution in [-0.2, 0) is 21.5 Å². The van der Waals surface area contributed by atoms with Crippen molar-refractivity contribution in [2.75, 3.05) is 19.6 Å². The summed E-state index contributed by atoms with van der Waals surface area (Å²) in [6.07, 6.45) is 2.27. The Bertz CT molecular complexity index is 861. The average molecular weight is 432 g/mol. The highest BCUT2D eigenvalue weighted by molar-refractivity contribution is 7.10. The molecule has 1 atom stereocenters. The summed E-state index contributed by atoms with van der Waals surface area (Å²) in [6.45, 7) is 9.29. The molecule has 29 heavy (non-hydrogen) atoms. The molecule has 2 aromatic rings. The highest BCUT2D eigenvalue weighted by Crippen LogP contribution is 2.34. The molecule has 0 radical (unpaired) electrons. The van der Waals surface area contributed by atoms with Crippen LogP contribution in [0.2, 0.25) is 0 Å². The predicted octanol–water partition coefficient (Wildman–Crippen LogP) is 4.26. The standard InChI is InChI=1S/C22H29N3O2S2/c1-22(2,3)18-14-29-20(23-18)15-6-8-24(9-7-15)21(27)16-11-19(26)25(12-16)13-17-5-4-10-28-17/h4-5,10,14-16H,6-9,11-13H2,1-3H3. The zero-order valence-electron chi connectivity index (χ0n) is 17.4.